The number of nitrogens with one attached hydrogen (secondary N) is 1. The monoisotopic (exact) mass is 293 g/mol. The molecule has 0 saturated heterocycles. The molecule has 2 aromatic carbocycles. The number of carboxylic acids is 1. The number of rotatable bonds is 3. The second-order valence-electron chi connectivity index (χ2n) is 3.90. The van der Waals surface area contributed by atoms with Gasteiger partial charge >= 0.3 is 5.97 Å². The molecule has 6 heteroatoms. The molecular formula is C14H9ClFNO3. The van der Waals surface area contributed by atoms with Gasteiger partial charge in [0, 0.05) is 0 Å². The second-order valence-corrected chi connectivity index (χ2v) is 4.31. The Balaban J connectivity index is 2.36. The molecule has 2 N–H and O–H groups in total. The van der Waals surface area contributed by atoms with Gasteiger partial charge in [0.25, 0.3) is 5.91 Å². The first-order chi connectivity index (χ1) is 9.50. The van der Waals surface area contributed by atoms with Crippen LogP contribution in [0.5, 0.6) is 0 Å². The van der Waals surface area contributed by atoms with Crippen LogP contribution in [0.25, 0.3) is 0 Å². The van der Waals surface area contributed by atoms with Gasteiger partial charge in [0.05, 0.1) is 21.8 Å². The van der Waals surface area contributed by atoms with Gasteiger partial charge in [-0.1, -0.05) is 29.8 Å². The van der Waals surface area contributed by atoms with Gasteiger partial charge in [-0.2, -0.15) is 0 Å². The summed E-state index contributed by atoms with van der Waals surface area (Å²) in [6.45, 7) is 0. The van der Waals surface area contributed by atoms with Crippen LogP contribution in [-0.4, -0.2) is 17.0 Å². The fraction of sp³-hybridized carbons (Fsp3) is 0. The lowest BCUT2D eigenvalue weighted by Gasteiger charge is -2.09. The molecule has 0 fully saturated rings. The number of hydrogen-bond acceptors (Lipinski definition) is 2. The fourth-order valence-corrected chi connectivity index (χ4v) is 1.88. The average molecular weight is 294 g/mol. The van der Waals surface area contributed by atoms with Crippen LogP contribution in [0, 0.1) is 5.82 Å². The number of amides is 1. The number of para-hydroxylation sites is 1. The molecule has 0 heterocycles. The number of carbonyl (C=O) groups is 2. The summed E-state index contributed by atoms with van der Waals surface area (Å²) in [5.74, 6) is -2.68. The number of hydrogen-bond donors (Lipinski definition) is 2. The molecular weight excluding hydrogens is 285 g/mol. The van der Waals surface area contributed by atoms with Crippen molar-refractivity contribution in [3.05, 3.63) is 64.4 Å². The largest absolute Gasteiger partial charge is 0.478 e. The molecule has 102 valence electrons. The van der Waals surface area contributed by atoms with Crippen LogP contribution >= 0.6 is 11.6 Å². The third-order valence-electron chi connectivity index (χ3n) is 2.60. The number of aromatic carboxylic acids is 1. The first kappa shape index (κ1) is 14.0. The summed E-state index contributed by atoms with van der Waals surface area (Å²) in [6, 6.07) is 9.61. The summed E-state index contributed by atoms with van der Waals surface area (Å²) in [5.41, 5.74) is -0.420. The Morgan fingerprint density at radius 3 is 2.30 bits per heavy atom. The topological polar surface area (TPSA) is 66.4 Å². The highest BCUT2D eigenvalue weighted by Crippen LogP contribution is 2.25. The van der Waals surface area contributed by atoms with Gasteiger partial charge < -0.3 is 10.4 Å². The molecule has 0 aliphatic carbocycles. The molecule has 2 aromatic rings. The number of halogens is 2. The molecule has 0 saturated carbocycles. The van der Waals surface area contributed by atoms with E-state index in [9.17, 15) is 14.0 Å². The minimum absolute atomic E-state index is 0.0335. The molecule has 20 heavy (non-hydrogen) atoms. The first-order valence-corrected chi connectivity index (χ1v) is 5.96. The second kappa shape index (κ2) is 5.71. The number of anilines is 1. The first-order valence-electron chi connectivity index (χ1n) is 5.58. The normalized spacial score (nSPS) is 10.1. The van der Waals surface area contributed by atoms with E-state index >= 15 is 0 Å². The Morgan fingerprint density at radius 2 is 1.70 bits per heavy atom. The van der Waals surface area contributed by atoms with Gasteiger partial charge in [-0.25, -0.2) is 9.18 Å². The zero-order chi connectivity index (χ0) is 14.7. The SMILES string of the molecule is O=C(O)c1ccccc1C(=O)Nc1c(F)cccc1Cl. The summed E-state index contributed by atoms with van der Waals surface area (Å²) in [7, 11) is 0. The zero-order valence-electron chi connectivity index (χ0n) is 10.1. The van der Waals surface area contributed by atoms with Crippen LogP contribution in [0.4, 0.5) is 10.1 Å². The molecule has 0 aliphatic rings. The Kier molecular flexibility index (Phi) is 4.00. The lowest BCUT2D eigenvalue weighted by atomic mass is 10.1. The van der Waals surface area contributed by atoms with Crippen molar-refractivity contribution in [3.8, 4) is 0 Å². The van der Waals surface area contributed by atoms with Crippen LogP contribution < -0.4 is 5.32 Å². The van der Waals surface area contributed by atoms with Crippen LogP contribution in [0.3, 0.4) is 0 Å². The van der Waals surface area contributed by atoms with E-state index in [0.717, 1.165) is 6.07 Å². The van der Waals surface area contributed by atoms with Crippen molar-refractivity contribution in [2.45, 2.75) is 0 Å². The molecule has 2 rings (SSSR count). The van der Waals surface area contributed by atoms with Crippen LogP contribution in [0.2, 0.25) is 5.02 Å². The number of carboxylic acid groups (broad SMARTS) is 1. The standard InChI is InChI=1S/C14H9ClFNO3/c15-10-6-3-7-11(16)12(10)17-13(18)8-4-1-2-5-9(8)14(19)20/h1-7H,(H,17,18)(H,19,20). The van der Waals surface area contributed by atoms with Crippen molar-refractivity contribution < 1.29 is 19.1 Å². The molecule has 0 atom stereocenters. The van der Waals surface area contributed by atoms with Gasteiger partial charge in [0.1, 0.15) is 5.82 Å². The maximum absolute atomic E-state index is 13.6. The number of benzene rings is 2. The van der Waals surface area contributed by atoms with Crippen molar-refractivity contribution in [1.29, 1.82) is 0 Å². The molecule has 0 aromatic heterocycles. The predicted molar refractivity (Wildman–Crippen MR) is 72.8 cm³/mol. The van der Waals surface area contributed by atoms with Gasteiger partial charge in [0.15, 0.2) is 0 Å². The summed E-state index contributed by atoms with van der Waals surface area (Å²) < 4.78 is 13.6. The van der Waals surface area contributed by atoms with Crippen LogP contribution in [-0.2, 0) is 0 Å². The summed E-state index contributed by atoms with van der Waals surface area (Å²) in [5, 5.41) is 11.3. The molecule has 1 amide bonds. The lowest BCUT2D eigenvalue weighted by Crippen LogP contribution is -2.17. The molecule has 0 radical (unpaired) electrons. The minimum atomic E-state index is -1.24. The van der Waals surface area contributed by atoms with Crippen molar-refractivity contribution in [1.82, 2.24) is 0 Å². The fourth-order valence-electron chi connectivity index (χ4n) is 1.67. The van der Waals surface area contributed by atoms with E-state index in [1.54, 1.807) is 0 Å². The maximum Gasteiger partial charge on any atom is 0.336 e. The Morgan fingerprint density at radius 1 is 1.05 bits per heavy atom. The van der Waals surface area contributed by atoms with E-state index in [2.05, 4.69) is 5.32 Å². The molecule has 0 aliphatic heterocycles. The molecule has 4 nitrogen and oxygen atoms in total. The Bertz CT molecular complexity index is 668. The minimum Gasteiger partial charge on any atom is -0.478 e. The highest BCUT2D eigenvalue weighted by Gasteiger charge is 2.18. The quantitative estimate of drug-likeness (QED) is 0.911. The Hall–Kier alpha value is -2.40. The highest BCUT2D eigenvalue weighted by molar-refractivity contribution is 6.34. The van der Waals surface area contributed by atoms with Crippen molar-refractivity contribution in [3.63, 3.8) is 0 Å². The van der Waals surface area contributed by atoms with E-state index in [-0.39, 0.29) is 21.8 Å². The molecule has 0 spiro atoms. The van der Waals surface area contributed by atoms with E-state index in [0.29, 0.717) is 0 Å². The van der Waals surface area contributed by atoms with E-state index < -0.39 is 17.7 Å². The van der Waals surface area contributed by atoms with Gasteiger partial charge in [-0.15, -0.1) is 0 Å². The van der Waals surface area contributed by atoms with Crippen LogP contribution in [0.15, 0.2) is 42.5 Å². The van der Waals surface area contributed by atoms with Gasteiger partial charge in [-0.3, -0.25) is 4.79 Å². The maximum atomic E-state index is 13.6. The highest BCUT2D eigenvalue weighted by atomic mass is 35.5. The average Bonchev–Trinajstić information content (AvgIpc) is 2.43. The van der Waals surface area contributed by atoms with Gasteiger partial charge in [-0.05, 0) is 24.3 Å². The van der Waals surface area contributed by atoms with E-state index in [1.165, 1.54) is 36.4 Å². The smallest absolute Gasteiger partial charge is 0.336 e. The summed E-state index contributed by atoms with van der Waals surface area (Å²) in [4.78, 5) is 23.1. The Labute approximate surface area is 118 Å². The summed E-state index contributed by atoms with van der Waals surface area (Å²) in [6.07, 6.45) is 0. The third-order valence-corrected chi connectivity index (χ3v) is 2.92. The zero-order valence-corrected chi connectivity index (χ0v) is 10.8. The van der Waals surface area contributed by atoms with Crippen molar-refractivity contribution in [2.75, 3.05) is 5.32 Å². The van der Waals surface area contributed by atoms with Gasteiger partial charge in [0.2, 0.25) is 0 Å². The van der Waals surface area contributed by atoms with Crippen molar-refractivity contribution >= 4 is 29.2 Å². The molecule has 0 unspecified atom stereocenters. The van der Waals surface area contributed by atoms with E-state index in [4.69, 9.17) is 16.7 Å². The number of carbonyl (C=O) groups excluding carboxylic acids is 1. The van der Waals surface area contributed by atoms with E-state index in [1.807, 2.05) is 0 Å². The third kappa shape index (κ3) is 2.78. The van der Waals surface area contributed by atoms with Crippen molar-refractivity contribution in [2.24, 2.45) is 0 Å². The van der Waals surface area contributed by atoms with Crippen LogP contribution in [0.1, 0.15) is 20.7 Å². The summed E-state index contributed by atoms with van der Waals surface area (Å²) >= 11 is 5.79. The lowest BCUT2D eigenvalue weighted by molar-refractivity contribution is 0.0692. The predicted octanol–water partition coefficient (Wildman–Crippen LogP) is 3.43. The molecule has 0 bridgehead atoms.